The number of ether oxygens (including phenoxy) is 2. The summed E-state index contributed by atoms with van der Waals surface area (Å²) < 4.78 is 42.6. The smallest absolute Gasteiger partial charge is 0.243 e. The van der Waals surface area contributed by atoms with E-state index in [9.17, 15) is 8.42 Å². The molecular formula is C22H26N6O4S. The lowest BCUT2D eigenvalue weighted by Gasteiger charge is -2.25. The fourth-order valence-electron chi connectivity index (χ4n) is 3.43. The number of benzene rings is 1. The highest BCUT2D eigenvalue weighted by atomic mass is 32.2. The van der Waals surface area contributed by atoms with Gasteiger partial charge in [-0.3, -0.25) is 9.29 Å². The monoisotopic (exact) mass is 470 g/mol. The Kier molecular flexibility index (Phi) is 6.17. The number of nitrogens with one attached hydrogen (secondary N) is 1. The van der Waals surface area contributed by atoms with Crippen molar-refractivity contribution in [2.24, 2.45) is 0 Å². The van der Waals surface area contributed by atoms with Crippen LogP contribution in [0.15, 0.2) is 43.2 Å². The molecule has 2 unspecified atom stereocenters. The number of anilines is 1. The fourth-order valence-corrected chi connectivity index (χ4v) is 4.52. The average Bonchev–Trinajstić information content (AvgIpc) is 3.12. The van der Waals surface area contributed by atoms with E-state index >= 15 is 0 Å². The van der Waals surface area contributed by atoms with Gasteiger partial charge in [0.1, 0.15) is 23.7 Å². The molecule has 0 spiro atoms. The third-order valence-corrected chi connectivity index (χ3v) is 6.82. The van der Waals surface area contributed by atoms with Gasteiger partial charge in [-0.2, -0.15) is 0 Å². The van der Waals surface area contributed by atoms with Crippen molar-refractivity contribution in [3.63, 3.8) is 0 Å². The Bertz CT molecular complexity index is 1270. The van der Waals surface area contributed by atoms with Crippen molar-refractivity contribution < 1.29 is 17.9 Å². The molecule has 1 aromatic carbocycles. The predicted octanol–water partition coefficient (Wildman–Crippen LogP) is 3.20. The normalized spacial score (nSPS) is 15.2. The minimum absolute atomic E-state index is 0.0234. The van der Waals surface area contributed by atoms with Crippen LogP contribution in [0.5, 0.6) is 5.75 Å². The Morgan fingerprint density at radius 1 is 1.15 bits per heavy atom. The van der Waals surface area contributed by atoms with Gasteiger partial charge >= 0.3 is 0 Å². The Morgan fingerprint density at radius 3 is 2.55 bits per heavy atom. The summed E-state index contributed by atoms with van der Waals surface area (Å²) in [6.45, 7) is 11.2. The first kappa shape index (κ1) is 22.9. The van der Waals surface area contributed by atoms with Crippen LogP contribution >= 0.6 is 0 Å². The number of nitrogens with zero attached hydrogens (tertiary/aromatic N) is 5. The molecule has 1 aliphatic heterocycles. The number of hydrogen-bond donors (Lipinski definition) is 1. The van der Waals surface area contributed by atoms with Gasteiger partial charge in [0, 0.05) is 12.4 Å². The minimum Gasteiger partial charge on any atom is -0.487 e. The molecule has 11 heteroatoms. The zero-order valence-electron chi connectivity index (χ0n) is 18.9. The van der Waals surface area contributed by atoms with Gasteiger partial charge in [0.25, 0.3) is 0 Å². The number of para-hydroxylation sites is 1. The van der Waals surface area contributed by atoms with Gasteiger partial charge in [0.2, 0.25) is 16.0 Å². The molecule has 3 aromatic rings. The number of sulfonamides is 1. The summed E-state index contributed by atoms with van der Waals surface area (Å²) in [6.07, 6.45) is 2.13. The summed E-state index contributed by atoms with van der Waals surface area (Å²) in [5.41, 5.74) is 2.05. The molecule has 2 aromatic heterocycles. The van der Waals surface area contributed by atoms with Gasteiger partial charge in [-0.05, 0) is 45.4 Å². The van der Waals surface area contributed by atoms with Crippen LogP contribution in [0.3, 0.4) is 0 Å². The van der Waals surface area contributed by atoms with Crippen molar-refractivity contribution in [3.8, 4) is 17.1 Å². The topological polar surface area (TPSA) is 121 Å². The molecule has 174 valence electrons. The molecule has 10 nitrogen and oxygen atoms in total. The number of rotatable bonds is 7. The number of aromatic nitrogens is 5. The van der Waals surface area contributed by atoms with Crippen molar-refractivity contribution in [2.45, 2.75) is 45.2 Å². The molecular weight excluding hydrogens is 444 g/mol. The second-order valence-electron chi connectivity index (χ2n) is 8.11. The largest absolute Gasteiger partial charge is 0.487 e. The average molecular weight is 471 g/mol. The third kappa shape index (κ3) is 4.60. The highest BCUT2D eigenvalue weighted by Gasteiger charge is 2.36. The van der Waals surface area contributed by atoms with E-state index in [1.807, 2.05) is 45.0 Å². The summed E-state index contributed by atoms with van der Waals surface area (Å²) in [4.78, 5) is 8.58. The van der Waals surface area contributed by atoms with Crippen LogP contribution in [0.25, 0.3) is 17.1 Å². The van der Waals surface area contributed by atoms with Crippen molar-refractivity contribution in [1.82, 2.24) is 24.7 Å². The molecule has 0 aliphatic carbocycles. The molecule has 0 bridgehead atoms. The number of fused-ring (bicyclic) bond motifs is 3. The minimum atomic E-state index is -3.99. The van der Waals surface area contributed by atoms with E-state index < -0.39 is 21.4 Å². The first-order chi connectivity index (χ1) is 15.7. The maximum atomic E-state index is 13.4. The fraction of sp³-hybridized carbons (Fsp3) is 0.364. The lowest BCUT2D eigenvalue weighted by atomic mass is 10.2. The number of hydrogen-bond acceptors (Lipinski definition) is 8. The Morgan fingerprint density at radius 2 is 1.85 bits per heavy atom. The zero-order valence-corrected chi connectivity index (χ0v) is 19.7. The molecule has 1 aliphatic rings. The second kappa shape index (κ2) is 8.91. The summed E-state index contributed by atoms with van der Waals surface area (Å²) in [7, 11) is -3.99. The van der Waals surface area contributed by atoms with Crippen molar-refractivity contribution in [1.29, 1.82) is 0 Å². The summed E-state index contributed by atoms with van der Waals surface area (Å²) >= 11 is 0. The third-order valence-electron chi connectivity index (χ3n) is 5.13. The molecule has 4 rings (SSSR count). The molecule has 0 radical (unpaired) electrons. The zero-order chi connectivity index (χ0) is 23.8. The molecule has 33 heavy (non-hydrogen) atoms. The van der Waals surface area contributed by atoms with E-state index in [1.54, 1.807) is 23.9 Å². The predicted molar refractivity (Wildman–Crippen MR) is 124 cm³/mol. The van der Waals surface area contributed by atoms with Crippen LogP contribution in [0, 0.1) is 6.92 Å². The Hall–Kier alpha value is -3.31. The maximum absolute atomic E-state index is 13.4. The van der Waals surface area contributed by atoms with Crippen molar-refractivity contribution >= 4 is 21.7 Å². The van der Waals surface area contributed by atoms with Gasteiger partial charge in [-0.25, -0.2) is 18.4 Å². The molecule has 0 fully saturated rings. The second-order valence-corrected chi connectivity index (χ2v) is 10.1. The molecule has 2 atom stereocenters. The van der Waals surface area contributed by atoms with E-state index in [0.29, 0.717) is 28.7 Å². The highest BCUT2D eigenvalue weighted by molar-refractivity contribution is 7.93. The molecule has 0 saturated carbocycles. The molecule has 3 heterocycles. The van der Waals surface area contributed by atoms with Gasteiger partial charge in [-0.15, -0.1) is 10.2 Å². The first-order valence-corrected chi connectivity index (χ1v) is 12.0. The van der Waals surface area contributed by atoms with E-state index in [0.717, 1.165) is 5.56 Å². The van der Waals surface area contributed by atoms with Crippen LogP contribution in [0.2, 0.25) is 0 Å². The Balaban J connectivity index is 1.68. The van der Waals surface area contributed by atoms with E-state index in [2.05, 4.69) is 31.5 Å². The quantitative estimate of drug-likeness (QED) is 0.559. The van der Waals surface area contributed by atoms with E-state index in [-0.39, 0.29) is 18.7 Å². The highest BCUT2D eigenvalue weighted by Crippen LogP contribution is 2.35. The summed E-state index contributed by atoms with van der Waals surface area (Å²) in [5, 5.41) is 7.27. The van der Waals surface area contributed by atoms with Crippen LogP contribution < -0.4 is 9.46 Å². The number of aryl methyl sites for hydroxylation is 1. The van der Waals surface area contributed by atoms with E-state index in [4.69, 9.17) is 9.47 Å². The van der Waals surface area contributed by atoms with Crippen LogP contribution in [0.1, 0.15) is 38.3 Å². The molecule has 1 N–H and O–H groups in total. The molecule has 0 amide bonds. The van der Waals surface area contributed by atoms with E-state index in [1.165, 1.54) is 0 Å². The summed E-state index contributed by atoms with van der Waals surface area (Å²) in [6, 6.07) is 7.34. The van der Waals surface area contributed by atoms with Gasteiger partial charge in [-0.1, -0.05) is 18.7 Å². The van der Waals surface area contributed by atoms with Gasteiger partial charge in [0.05, 0.1) is 17.4 Å². The van der Waals surface area contributed by atoms with Crippen LogP contribution in [-0.2, 0) is 14.8 Å². The van der Waals surface area contributed by atoms with Crippen LogP contribution in [-0.4, -0.2) is 51.1 Å². The van der Waals surface area contributed by atoms with Gasteiger partial charge in [0.15, 0.2) is 11.6 Å². The lowest BCUT2D eigenvalue weighted by Crippen LogP contribution is -2.35. The summed E-state index contributed by atoms with van der Waals surface area (Å²) in [5.74, 6) is 1.37. The lowest BCUT2D eigenvalue weighted by molar-refractivity contribution is 0.00152. The Labute approximate surface area is 192 Å². The standard InChI is InChI=1S/C22H26N6O4S/c1-13(2)32-19(20-23-10-14(3)11-24-20)16(5)33(29,30)27-22-26-25-21-17-8-6-7-9-18(17)31-12-15(4)28(21)22/h6-11,13,16,19H,4,12H2,1-3,5H3,(H,26,27). The van der Waals surface area contributed by atoms with Crippen molar-refractivity contribution in [2.75, 3.05) is 11.3 Å². The SMILES string of the molecule is C=C1COc2ccccc2-c2nnc(NS(=O)(=O)C(C)C(OC(C)C)c3ncc(C)cn3)n21. The van der Waals surface area contributed by atoms with Crippen LogP contribution in [0.4, 0.5) is 5.95 Å². The maximum Gasteiger partial charge on any atom is 0.243 e. The van der Waals surface area contributed by atoms with Gasteiger partial charge < -0.3 is 9.47 Å². The van der Waals surface area contributed by atoms with Crippen molar-refractivity contribution in [3.05, 3.63) is 54.6 Å². The molecule has 0 saturated heterocycles. The first-order valence-electron chi connectivity index (χ1n) is 10.5.